The second-order valence-electron chi connectivity index (χ2n) is 7.30. The summed E-state index contributed by atoms with van der Waals surface area (Å²) in [6.07, 6.45) is 0. The lowest BCUT2D eigenvalue weighted by atomic mass is 9.74. The highest BCUT2D eigenvalue weighted by atomic mass is 79.9. The Bertz CT molecular complexity index is 1080. The predicted octanol–water partition coefficient (Wildman–Crippen LogP) is 3.48. The van der Waals surface area contributed by atoms with Crippen LogP contribution in [0.4, 0.5) is 13.2 Å². The molecule has 2 fully saturated rings. The van der Waals surface area contributed by atoms with Crippen molar-refractivity contribution in [2.24, 2.45) is 11.8 Å². The van der Waals surface area contributed by atoms with Gasteiger partial charge in [-0.1, -0.05) is 31.9 Å². The molecule has 1 heterocycles. The predicted molar refractivity (Wildman–Crippen MR) is 102 cm³/mol. The van der Waals surface area contributed by atoms with Crippen LogP contribution in [-0.4, -0.2) is 42.8 Å². The van der Waals surface area contributed by atoms with Crippen LogP contribution < -0.4 is 4.18 Å². The molecule has 4 atom stereocenters. The Morgan fingerprint density at radius 2 is 1.97 bits per heavy atom. The zero-order valence-electron chi connectivity index (χ0n) is 15.2. The molecular formula is C17H13Br2F3O7S. The third kappa shape index (κ3) is 2.91. The van der Waals surface area contributed by atoms with Gasteiger partial charge in [0.05, 0.1) is 22.9 Å². The summed E-state index contributed by atoms with van der Waals surface area (Å²) < 4.78 is 75.6. The number of rotatable bonds is 3. The van der Waals surface area contributed by atoms with Crippen molar-refractivity contribution in [3.63, 3.8) is 0 Å². The van der Waals surface area contributed by atoms with Gasteiger partial charge in [-0.2, -0.15) is 21.6 Å². The van der Waals surface area contributed by atoms with E-state index in [-0.39, 0.29) is 24.0 Å². The number of carbonyl (C=O) groups excluding carboxylic acids is 2. The highest BCUT2D eigenvalue weighted by Crippen LogP contribution is 2.76. The number of esters is 2. The number of ether oxygens (including phenoxy) is 2. The lowest BCUT2D eigenvalue weighted by Crippen LogP contribution is -2.30. The van der Waals surface area contributed by atoms with E-state index < -0.39 is 53.9 Å². The van der Waals surface area contributed by atoms with Crippen LogP contribution in [0.3, 0.4) is 0 Å². The van der Waals surface area contributed by atoms with Crippen LogP contribution in [0.25, 0.3) is 0 Å². The van der Waals surface area contributed by atoms with E-state index in [1.807, 2.05) is 0 Å². The van der Waals surface area contributed by atoms with Crippen molar-refractivity contribution in [2.75, 3.05) is 13.7 Å². The molecule has 0 N–H and O–H groups in total. The molecule has 0 aromatic heterocycles. The average molecular weight is 578 g/mol. The van der Waals surface area contributed by atoms with E-state index in [1.54, 1.807) is 0 Å². The van der Waals surface area contributed by atoms with Gasteiger partial charge in [0.15, 0.2) is 5.75 Å². The minimum Gasteiger partial charge on any atom is -0.465 e. The number of carbonyl (C=O) groups is 2. The summed E-state index contributed by atoms with van der Waals surface area (Å²) in [5.74, 6) is -3.82. The maximum Gasteiger partial charge on any atom is 0.534 e. The molecule has 0 radical (unpaired) electrons. The molecule has 7 nitrogen and oxygen atoms in total. The molecule has 0 bridgehead atoms. The maximum absolute atomic E-state index is 12.9. The summed E-state index contributed by atoms with van der Waals surface area (Å²) in [5.41, 5.74) is -5.09. The number of hydrogen-bond donors (Lipinski definition) is 0. The highest BCUT2D eigenvalue weighted by molar-refractivity contribution is 9.25. The first-order valence-electron chi connectivity index (χ1n) is 8.55. The number of hydrogen-bond acceptors (Lipinski definition) is 7. The van der Waals surface area contributed by atoms with E-state index in [1.165, 1.54) is 13.0 Å². The zero-order chi connectivity index (χ0) is 22.4. The van der Waals surface area contributed by atoms with Gasteiger partial charge in [-0.3, -0.25) is 4.79 Å². The topological polar surface area (TPSA) is 96.0 Å². The van der Waals surface area contributed by atoms with E-state index in [0.29, 0.717) is 11.1 Å². The Morgan fingerprint density at radius 1 is 1.33 bits per heavy atom. The number of benzene rings is 1. The van der Waals surface area contributed by atoms with Crippen molar-refractivity contribution < 1.29 is 44.8 Å². The molecule has 1 saturated heterocycles. The number of halogens is 5. The Morgan fingerprint density at radius 3 is 2.53 bits per heavy atom. The molecule has 0 spiro atoms. The summed E-state index contributed by atoms with van der Waals surface area (Å²) in [7, 11) is -5.03. The summed E-state index contributed by atoms with van der Waals surface area (Å²) in [6, 6.07) is 1.24. The average Bonchev–Trinajstić information content (AvgIpc) is 2.99. The molecule has 4 rings (SSSR count). The standard InChI is InChI=1S/C17H13Br2F3O7S/c1-5-9-6(8-4-28-15(24)10(8)12-11(9)16(12,18)19)3-7(14(23)27-2)13(5)29-30(25,26)17(20,21)22/h3,8,10-12H,4H2,1-2H3/t8-,10-,11-,12+/m1/s1. The van der Waals surface area contributed by atoms with Crippen LogP contribution in [0.15, 0.2) is 6.07 Å². The van der Waals surface area contributed by atoms with E-state index in [4.69, 9.17) is 4.74 Å². The van der Waals surface area contributed by atoms with Crippen molar-refractivity contribution in [3.8, 4) is 5.75 Å². The number of fused-ring (bicyclic) bond motifs is 6. The third-order valence-corrected chi connectivity index (χ3v) is 8.80. The van der Waals surface area contributed by atoms with Gasteiger partial charge in [0.25, 0.3) is 0 Å². The van der Waals surface area contributed by atoms with Crippen LogP contribution in [-0.2, 0) is 24.4 Å². The minimum absolute atomic E-state index is 0.0386. The minimum atomic E-state index is -6.03. The third-order valence-electron chi connectivity index (χ3n) is 5.80. The lowest BCUT2D eigenvalue weighted by Gasteiger charge is -2.27. The van der Waals surface area contributed by atoms with E-state index >= 15 is 0 Å². The quantitative estimate of drug-likeness (QED) is 0.235. The molecule has 1 saturated carbocycles. The van der Waals surface area contributed by atoms with Crippen LogP contribution in [0.2, 0.25) is 0 Å². The first-order chi connectivity index (χ1) is 13.7. The van der Waals surface area contributed by atoms with Crippen LogP contribution in [0.1, 0.15) is 38.9 Å². The fourth-order valence-electron chi connectivity index (χ4n) is 4.47. The van der Waals surface area contributed by atoms with E-state index in [9.17, 15) is 31.2 Å². The fourth-order valence-corrected chi connectivity index (χ4v) is 6.86. The van der Waals surface area contributed by atoms with E-state index in [2.05, 4.69) is 40.8 Å². The smallest absolute Gasteiger partial charge is 0.465 e. The van der Waals surface area contributed by atoms with Crippen molar-refractivity contribution in [2.45, 2.75) is 27.5 Å². The molecule has 164 valence electrons. The molecule has 1 aliphatic heterocycles. The number of cyclic esters (lactones) is 1. The van der Waals surface area contributed by atoms with Crippen molar-refractivity contribution >= 4 is 53.9 Å². The van der Waals surface area contributed by atoms with Gasteiger partial charge in [-0.25, -0.2) is 4.79 Å². The molecule has 1 aromatic rings. The Hall–Kier alpha value is -1.34. The fraction of sp³-hybridized carbons (Fsp3) is 0.529. The first-order valence-corrected chi connectivity index (χ1v) is 11.5. The van der Waals surface area contributed by atoms with Crippen molar-refractivity contribution in [1.82, 2.24) is 0 Å². The van der Waals surface area contributed by atoms with Gasteiger partial charge < -0.3 is 13.7 Å². The lowest BCUT2D eigenvalue weighted by molar-refractivity contribution is -0.141. The Balaban J connectivity index is 1.96. The highest BCUT2D eigenvalue weighted by Gasteiger charge is 2.73. The summed E-state index contributed by atoms with van der Waals surface area (Å²) in [4.78, 5) is 24.6. The number of methoxy groups -OCH3 is 1. The molecule has 2 aliphatic carbocycles. The normalized spacial score (nSPS) is 28.7. The molecule has 1 aromatic carbocycles. The molecular weight excluding hydrogens is 565 g/mol. The van der Waals surface area contributed by atoms with Gasteiger partial charge in [-0.05, 0) is 29.7 Å². The van der Waals surface area contributed by atoms with Crippen LogP contribution in [0.5, 0.6) is 5.75 Å². The molecule has 30 heavy (non-hydrogen) atoms. The van der Waals surface area contributed by atoms with Gasteiger partial charge in [-0.15, -0.1) is 0 Å². The monoisotopic (exact) mass is 576 g/mol. The van der Waals surface area contributed by atoms with Gasteiger partial charge in [0.1, 0.15) is 5.56 Å². The second kappa shape index (κ2) is 6.58. The van der Waals surface area contributed by atoms with Gasteiger partial charge in [0, 0.05) is 17.8 Å². The molecule has 13 heteroatoms. The summed E-state index contributed by atoms with van der Waals surface area (Å²) >= 11 is 7.01. The zero-order valence-corrected chi connectivity index (χ0v) is 19.2. The number of alkyl halides is 5. The Kier molecular flexibility index (Phi) is 4.80. The first kappa shape index (κ1) is 21.9. The molecule has 3 aliphatic rings. The van der Waals surface area contributed by atoms with Crippen molar-refractivity contribution in [1.29, 1.82) is 0 Å². The summed E-state index contributed by atoms with van der Waals surface area (Å²) in [5, 5.41) is 0. The maximum atomic E-state index is 12.9. The Labute approximate surface area is 185 Å². The second-order valence-corrected chi connectivity index (χ2v) is 12.5. The summed E-state index contributed by atoms with van der Waals surface area (Å²) in [6.45, 7) is 1.41. The van der Waals surface area contributed by atoms with Crippen LogP contribution in [0, 0.1) is 18.8 Å². The van der Waals surface area contributed by atoms with Gasteiger partial charge >= 0.3 is 27.6 Å². The molecule has 0 unspecified atom stereocenters. The van der Waals surface area contributed by atoms with Crippen LogP contribution >= 0.6 is 31.9 Å². The molecule has 0 amide bonds. The SMILES string of the molecule is COC(=O)c1cc2c(c(C)c1OS(=O)(=O)C(F)(F)F)[C@@H]1[C@H]([C@@H]3C(=O)OC[C@H]23)C1(Br)Br. The van der Waals surface area contributed by atoms with E-state index in [0.717, 1.165) is 7.11 Å². The largest absolute Gasteiger partial charge is 0.534 e. The van der Waals surface area contributed by atoms with Gasteiger partial charge in [0.2, 0.25) is 0 Å². The van der Waals surface area contributed by atoms with Crippen molar-refractivity contribution in [3.05, 3.63) is 28.3 Å².